The molecule has 0 fully saturated rings. The van der Waals surface area contributed by atoms with Crippen molar-refractivity contribution in [2.75, 3.05) is 0 Å². The zero-order chi connectivity index (χ0) is 16.1. The van der Waals surface area contributed by atoms with Crippen molar-refractivity contribution in [3.05, 3.63) is 54.1 Å². The molecule has 0 saturated carbocycles. The van der Waals surface area contributed by atoms with Crippen LogP contribution in [0, 0.1) is 0 Å². The maximum atomic E-state index is 11.9. The van der Waals surface area contributed by atoms with E-state index in [1.54, 1.807) is 24.3 Å². The number of benzene rings is 2. The summed E-state index contributed by atoms with van der Waals surface area (Å²) in [5, 5.41) is 0. The zero-order valence-electron chi connectivity index (χ0n) is 12.8. The van der Waals surface area contributed by atoms with Gasteiger partial charge in [-0.1, -0.05) is 24.3 Å². The lowest BCUT2D eigenvalue weighted by molar-refractivity contribution is -0.131. The second-order valence-electron chi connectivity index (χ2n) is 5.15. The minimum Gasteiger partial charge on any atom is -0.459 e. The second kappa shape index (κ2) is 6.89. The van der Waals surface area contributed by atoms with Gasteiger partial charge in [0, 0.05) is 6.92 Å². The fourth-order valence-corrected chi connectivity index (χ4v) is 1.99. The molecule has 2 aromatic rings. The molecule has 4 nitrogen and oxygen atoms in total. The molecule has 0 saturated heterocycles. The summed E-state index contributed by atoms with van der Waals surface area (Å²) in [7, 11) is 0. The van der Waals surface area contributed by atoms with E-state index >= 15 is 0 Å². The molecule has 0 amide bonds. The standard InChI is InChI=1S/C18H18O4/c1-12(2)21-18(20)16-6-4-5-15(11-16)14-7-9-17(10-8-14)22-13(3)19/h4-12H,1-3H3. The lowest BCUT2D eigenvalue weighted by Crippen LogP contribution is -2.11. The Morgan fingerprint density at radius 1 is 0.955 bits per heavy atom. The van der Waals surface area contributed by atoms with Crippen molar-refractivity contribution in [2.45, 2.75) is 26.9 Å². The highest BCUT2D eigenvalue weighted by atomic mass is 16.5. The van der Waals surface area contributed by atoms with Gasteiger partial charge in [0.25, 0.3) is 0 Å². The summed E-state index contributed by atoms with van der Waals surface area (Å²) in [5.41, 5.74) is 2.33. The lowest BCUT2D eigenvalue weighted by atomic mass is 10.0. The number of carbonyl (C=O) groups is 2. The summed E-state index contributed by atoms with van der Waals surface area (Å²) in [6, 6.07) is 14.3. The quantitative estimate of drug-likeness (QED) is 0.635. The number of ether oxygens (including phenoxy) is 2. The van der Waals surface area contributed by atoms with Crippen molar-refractivity contribution in [1.82, 2.24) is 0 Å². The van der Waals surface area contributed by atoms with Gasteiger partial charge in [-0.15, -0.1) is 0 Å². The third-order valence-corrected chi connectivity index (χ3v) is 2.89. The Labute approximate surface area is 129 Å². The van der Waals surface area contributed by atoms with E-state index < -0.39 is 0 Å². The minimum atomic E-state index is -0.355. The van der Waals surface area contributed by atoms with E-state index in [-0.39, 0.29) is 18.0 Å². The molecule has 2 aromatic carbocycles. The van der Waals surface area contributed by atoms with E-state index in [9.17, 15) is 9.59 Å². The summed E-state index contributed by atoms with van der Waals surface area (Å²) in [5.74, 6) is -0.203. The SMILES string of the molecule is CC(=O)Oc1ccc(-c2cccc(C(=O)OC(C)C)c2)cc1. The van der Waals surface area contributed by atoms with Gasteiger partial charge in [0.15, 0.2) is 0 Å². The van der Waals surface area contributed by atoms with Gasteiger partial charge in [0.2, 0.25) is 0 Å². The number of hydrogen-bond acceptors (Lipinski definition) is 4. The Hall–Kier alpha value is -2.62. The third-order valence-electron chi connectivity index (χ3n) is 2.89. The first-order chi connectivity index (χ1) is 10.5. The van der Waals surface area contributed by atoms with E-state index in [0.29, 0.717) is 11.3 Å². The molecule has 0 aromatic heterocycles. The van der Waals surface area contributed by atoms with Crippen LogP contribution >= 0.6 is 0 Å². The zero-order valence-corrected chi connectivity index (χ0v) is 12.8. The number of hydrogen-bond donors (Lipinski definition) is 0. The van der Waals surface area contributed by atoms with Gasteiger partial charge in [-0.05, 0) is 49.2 Å². The highest BCUT2D eigenvalue weighted by Crippen LogP contribution is 2.23. The van der Waals surface area contributed by atoms with Crippen LogP contribution in [0.4, 0.5) is 0 Å². The Bertz CT molecular complexity index is 672. The highest BCUT2D eigenvalue weighted by Gasteiger charge is 2.10. The molecule has 0 aliphatic heterocycles. The fourth-order valence-electron chi connectivity index (χ4n) is 1.99. The predicted octanol–water partition coefficient (Wildman–Crippen LogP) is 3.84. The second-order valence-corrected chi connectivity index (χ2v) is 5.15. The molecule has 114 valence electrons. The molecule has 22 heavy (non-hydrogen) atoms. The monoisotopic (exact) mass is 298 g/mol. The van der Waals surface area contributed by atoms with Crippen molar-refractivity contribution >= 4 is 11.9 Å². The minimum absolute atomic E-state index is 0.154. The van der Waals surface area contributed by atoms with Crippen LogP contribution in [0.5, 0.6) is 5.75 Å². The first kappa shape index (κ1) is 15.8. The molecule has 4 heteroatoms. The van der Waals surface area contributed by atoms with Crippen molar-refractivity contribution in [3.8, 4) is 16.9 Å². The Morgan fingerprint density at radius 3 is 2.23 bits per heavy atom. The van der Waals surface area contributed by atoms with E-state index in [1.807, 2.05) is 38.1 Å². The van der Waals surface area contributed by atoms with Gasteiger partial charge in [0.1, 0.15) is 5.75 Å². The smallest absolute Gasteiger partial charge is 0.338 e. The van der Waals surface area contributed by atoms with Crippen LogP contribution in [0.15, 0.2) is 48.5 Å². The molecule has 0 unspecified atom stereocenters. The molecular weight excluding hydrogens is 280 g/mol. The Morgan fingerprint density at radius 2 is 1.64 bits per heavy atom. The van der Waals surface area contributed by atoms with Crippen LogP contribution in [0.3, 0.4) is 0 Å². The maximum Gasteiger partial charge on any atom is 0.338 e. The van der Waals surface area contributed by atoms with Gasteiger partial charge < -0.3 is 9.47 Å². The van der Waals surface area contributed by atoms with E-state index in [0.717, 1.165) is 11.1 Å². The summed E-state index contributed by atoms with van der Waals surface area (Å²) in [4.78, 5) is 22.8. The fraction of sp³-hybridized carbons (Fsp3) is 0.222. The van der Waals surface area contributed by atoms with Crippen LogP contribution in [0.1, 0.15) is 31.1 Å². The predicted molar refractivity (Wildman–Crippen MR) is 83.7 cm³/mol. The highest BCUT2D eigenvalue weighted by molar-refractivity contribution is 5.91. The number of carbonyl (C=O) groups excluding carboxylic acids is 2. The van der Waals surface area contributed by atoms with E-state index in [4.69, 9.17) is 9.47 Å². The van der Waals surface area contributed by atoms with Crippen LogP contribution in [-0.2, 0) is 9.53 Å². The summed E-state index contributed by atoms with van der Waals surface area (Å²) in [6.07, 6.45) is -0.154. The van der Waals surface area contributed by atoms with Crippen LogP contribution in [-0.4, -0.2) is 18.0 Å². The average Bonchev–Trinajstić information content (AvgIpc) is 2.47. The topological polar surface area (TPSA) is 52.6 Å². The molecule has 0 aliphatic rings. The van der Waals surface area contributed by atoms with Crippen molar-refractivity contribution < 1.29 is 19.1 Å². The van der Waals surface area contributed by atoms with Crippen LogP contribution in [0.25, 0.3) is 11.1 Å². The summed E-state index contributed by atoms with van der Waals surface area (Å²) in [6.45, 7) is 4.99. The first-order valence-electron chi connectivity index (χ1n) is 7.05. The first-order valence-corrected chi connectivity index (χ1v) is 7.05. The summed E-state index contributed by atoms with van der Waals surface area (Å²) < 4.78 is 10.2. The van der Waals surface area contributed by atoms with Crippen molar-refractivity contribution in [3.63, 3.8) is 0 Å². The molecule has 0 spiro atoms. The van der Waals surface area contributed by atoms with Crippen LogP contribution in [0.2, 0.25) is 0 Å². The molecule has 0 heterocycles. The molecule has 0 atom stereocenters. The van der Waals surface area contributed by atoms with E-state index in [2.05, 4.69) is 0 Å². The molecular formula is C18H18O4. The lowest BCUT2D eigenvalue weighted by Gasteiger charge is -2.09. The van der Waals surface area contributed by atoms with Gasteiger partial charge in [0.05, 0.1) is 11.7 Å². The van der Waals surface area contributed by atoms with Gasteiger partial charge >= 0.3 is 11.9 Å². The van der Waals surface area contributed by atoms with Gasteiger partial charge in [-0.3, -0.25) is 4.79 Å². The van der Waals surface area contributed by atoms with Crippen molar-refractivity contribution in [1.29, 1.82) is 0 Å². The number of esters is 2. The molecule has 0 radical (unpaired) electrons. The largest absolute Gasteiger partial charge is 0.459 e. The number of rotatable bonds is 4. The van der Waals surface area contributed by atoms with E-state index in [1.165, 1.54) is 6.92 Å². The maximum absolute atomic E-state index is 11.9. The van der Waals surface area contributed by atoms with Crippen LogP contribution < -0.4 is 4.74 Å². The molecule has 0 bridgehead atoms. The average molecular weight is 298 g/mol. The van der Waals surface area contributed by atoms with Gasteiger partial charge in [-0.2, -0.15) is 0 Å². The molecule has 0 aliphatic carbocycles. The molecule has 2 rings (SSSR count). The third kappa shape index (κ3) is 4.19. The van der Waals surface area contributed by atoms with Gasteiger partial charge in [-0.25, -0.2) is 4.79 Å². The Balaban J connectivity index is 2.22. The van der Waals surface area contributed by atoms with Crippen molar-refractivity contribution in [2.24, 2.45) is 0 Å². The normalized spacial score (nSPS) is 10.4. The molecule has 0 N–H and O–H groups in total. The Kier molecular flexibility index (Phi) is 4.94. The summed E-state index contributed by atoms with van der Waals surface area (Å²) >= 11 is 0.